The van der Waals surface area contributed by atoms with E-state index in [-0.39, 0.29) is 74.5 Å². The van der Waals surface area contributed by atoms with E-state index in [9.17, 15) is 57.8 Å². The monoisotopic (exact) mass is 1180 g/mol. The number of likely N-dealkylation sites (N-methyl/N-ethyl adjacent to an activating group) is 6. The second kappa shape index (κ2) is 35.4. The lowest BCUT2D eigenvalue weighted by Gasteiger charge is -2.40. The number of hydrogen-bond donors (Lipinski definition) is 6. The third-order valence-electron chi connectivity index (χ3n) is 15.5. The topological polar surface area (TPSA) is 288 Å². The van der Waals surface area contributed by atoms with Gasteiger partial charge in [-0.1, -0.05) is 109 Å². The zero-order chi connectivity index (χ0) is 64.1. The fourth-order valence-corrected chi connectivity index (χ4v) is 10.3. The van der Waals surface area contributed by atoms with Crippen molar-refractivity contribution in [3.8, 4) is 0 Å². The molecule has 1 fully saturated rings. The molecule has 11 atom stereocenters. The molecule has 83 heavy (non-hydrogen) atoms. The summed E-state index contributed by atoms with van der Waals surface area (Å²) in [5.41, 5.74) is 0. The van der Waals surface area contributed by atoms with Crippen molar-refractivity contribution in [2.24, 2.45) is 29.6 Å². The lowest BCUT2D eigenvalue weighted by molar-refractivity contribution is -0.155. The highest BCUT2D eigenvalue weighted by Crippen LogP contribution is 2.24. The van der Waals surface area contributed by atoms with Gasteiger partial charge in [0.15, 0.2) is 0 Å². The van der Waals surface area contributed by atoms with Crippen LogP contribution >= 0.6 is 0 Å². The summed E-state index contributed by atoms with van der Waals surface area (Å²) in [6.07, 6.45) is 4.08. The van der Waals surface area contributed by atoms with Gasteiger partial charge >= 0.3 is 0 Å². The minimum absolute atomic E-state index is 0.0239. The summed E-state index contributed by atoms with van der Waals surface area (Å²) in [7, 11) is 8.53. The smallest absolute Gasteiger partial charge is 0.245 e. The maximum atomic E-state index is 14.9. The standard InChI is InChI=1S/C60H109N11O12/c1-22-24-25-26-27-43-57(80)67(17)44(28-34(3)4)52(75)61-39(13)50(73)62-40(14)56(79)68(18)46(30-36(7)8)58(81)69(19)47(31-37(9)10)59(82)70(20)48(32-38(11)12)60(83)71(21)49(33-72)54(77)64-42(23-2)51(74)63-41(15)55(78)66(16)45(29-35(5)6)53(76)65-43/h34-49,72H,22-33H2,1-21H3,(H,61,75)(H,62,73)(H,63,74)(H,64,77)(H,65,76)/t39-,40?,41-,42-,43-,44-,45-,46-,47-,48-,49-/m0/s1. The van der Waals surface area contributed by atoms with Gasteiger partial charge in [0.25, 0.3) is 0 Å². The van der Waals surface area contributed by atoms with Crippen molar-refractivity contribution in [3.05, 3.63) is 0 Å². The predicted octanol–water partition coefficient (Wildman–Crippen LogP) is 3.05. The Kier molecular flexibility index (Phi) is 32.1. The van der Waals surface area contributed by atoms with Crippen molar-refractivity contribution < 1.29 is 57.8 Å². The van der Waals surface area contributed by atoms with E-state index in [1.807, 2.05) is 76.2 Å². The second-order valence-electron chi connectivity index (χ2n) is 25.2. The Bertz CT molecular complexity index is 2190. The molecule has 0 aromatic rings. The molecule has 0 aliphatic carbocycles. The molecule has 1 aliphatic heterocycles. The van der Waals surface area contributed by atoms with Crippen LogP contribution in [0.3, 0.4) is 0 Å². The first-order valence-electron chi connectivity index (χ1n) is 30.2. The van der Waals surface area contributed by atoms with E-state index in [4.69, 9.17) is 0 Å². The molecule has 11 amide bonds. The minimum atomic E-state index is -1.54. The predicted molar refractivity (Wildman–Crippen MR) is 319 cm³/mol. The zero-order valence-corrected chi connectivity index (χ0v) is 54.3. The largest absolute Gasteiger partial charge is 0.394 e. The minimum Gasteiger partial charge on any atom is -0.394 e. The number of nitrogens with zero attached hydrogens (tertiary/aromatic N) is 6. The number of aliphatic hydroxyl groups is 1. The van der Waals surface area contributed by atoms with E-state index in [2.05, 4.69) is 26.6 Å². The van der Waals surface area contributed by atoms with Gasteiger partial charge in [-0.3, -0.25) is 52.7 Å². The lowest BCUT2D eigenvalue weighted by Crippen LogP contribution is -2.61. The summed E-state index contributed by atoms with van der Waals surface area (Å²) in [5.74, 6) is -8.11. The average Bonchev–Trinajstić information content (AvgIpc) is 3.44. The van der Waals surface area contributed by atoms with E-state index in [0.29, 0.717) is 6.42 Å². The summed E-state index contributed by atoms with van der Waals surface area (Å²) in [6, 6.07) is -13.3. The molecule has 0 saturated carbocycles. The molecule has 0 aromatic heterocycles. The van der Waals surface area contributed by atoms with Crippen molar-refractivity contribution in [1.29, 1.82) is 0 Å². The quantitative estimate of drug-likeness (QED) is 0.115. The molecule has 23 nitrogen and oxygen atoms in total. The van der Waals surface area contributed by atoms with Gasteiger partial charge in [0.2, 0.25) is 65.0 Å². The third-order valence-corrected chi connectivity index (χ3v) is 15.5. The van der Waals surface area contributed by atoms with Crippen LogP contribution in [0.4, 0.5) is 0 Å². The van der Waals surface area contributed by atoms with Crippen LogP contribution in [0.2, 0.25) is 0 Å². The third kappa shape index (κ3) is 22.6. The van der Waals surface area contributed by atoms with E-state index >= 15 is 0 Å². The molecular formula is C60H109N11O12. The molecule has 0 aromatic carbocycles. The number of unbranched alkanes of at least 4 members (excludes halogenated alkanes) is 3. The molecule has 1 rings (SSSR count). The van der Waals surface area contributed by atoms with Gasteiger partial charge in [0.05, 0.1) is 6.61 Å². The number of carbonyl (C=O) groups is 11. The lowest BCUT2D eigenvalue weighted by atomic mass is 9.96. The van der Waals surface area contributed by atoms with E-state index < -0.39 is 138 Å². The van der Waals surface area contributed by atoms with Crippen LogP contribution in [0.15, 0.2) is 0 Å². The van der Waals surface area contributed by atoms with Gasteiger partial charge in [0, 0.05) is 42.3 Å². The molecule has 23 heteroatoms. The molecule has 6 N–H and O–H groups in total. The molecule has 1 heterocycles. The molecule has 1 aliphatic rings. The van der Waals surface area contributed by atoms with Crippen molar-refractivity contribution >= 4 is 65.0 Å². The maximum absolute atomic E-state index is 14.9. The summed E-state index contributed by atoms with van der Waals surface area (Å²) in [5, 5.41) is 24.3. The summed E-state index contributed by atoms with van der Waals surface area (Å²) in [4.78, 5) is 166. The van der Waals surface area contributed by atoms with Gasteiger partial charge in [-0.05, 0) is 95.3 Å². The number of aliphatic hydroxyl groups excluding tert-OH is 1. The Hall–Kier alpha value is -5.87. The first-order valence-corrected chi connectivity index (χ1v) is 30.2. The SMILES string of the molecule is CCCCCC[C@@H]1NC(=O)[C@H](CC(C)C)N(C)C(=O)[C@H](C)NC(=O)[C@H](CC)NC(=O)[C@H](CO)N(C)C(=O)[C@H](CC(C)C)N(C)C(=O)[C@H](CC(C)C)N(C)C(=O)[C@H](CC(C)C)N(C)C(=O)C(C)NC(=O)[C@H](C)NC(=O)[C@H](CC(C)C)N(C)C1=O. The molecule has 1 unspecified atom stereocenters. The highest BCUT2D eigenvalue weighted by atomic mass is 16.3. The van der Waals surface area contributed by atoms with Crippen LogP contribution < -0.4 is 26.6 Å². The molecule has 0 spiro atoms. The maximum Gasteiger partial charge on any atom is 0.245 e. The number of nitrogens with one attached hydrogen (secondary N) is 5. The van der Waals surface area contributed by atoms with E-state index in [0.717, 1.165) is 24.2 Å². The number of amides is 11. The average molecular weight is 1180 g/mol. The van der Waals surface area contributed by atoms with Crippen LogP contribution in [-0.4, -0.2) is 215 Å². The Morgan fingerprint density at radius 2 is 0.651 bits per heavy atom. The summed E-state index contributed by atoms with van der Waals surface area (Å²) >= 11 is 0. The van der Waals surface area contributed by atoms with Crippen LogP contribution in [0, 0.1) is 29.6 Å². The number of rotatable bonds is 17. The first-order chi connectivity index (χ1) is 38.5. The second-order valence-corrected chi connectivity index (χ2v) is 25.2. The normalized spacial score (nSPS) is 27.1. The Morgan fingerprint density at radius 3 is 1.02 bits per heavy atom. The highest BCUT2D eigenvalue weighted by Gasteiger charge is 2.43. The van der Waals surface area contributed by atoms with Gasteiger partial charge in [0.1, 0.15) is 66.5 Å². The van der Waals surface area contributed by atoms with E-state index in [1.165, 1.54) is 87.6 Å². The van der Waals surface area contributed by atoms with Crippen molar-refractivity contribution in [3.63, 3.8) is 0 Å². The van der Waals surface area contributed by atoms with Crippen LogP contribution in [0.5, 0.6) is 0 Å². The molecule has 0 bridgehead atoms. The number of carbonyl (C=O) groups excluding carboxylic acids is 11. The number of hydrogen-bond acceptors (Lipinski definition) is 12. The molecule has 1 saturated heterocycles. The van der Waals surface area contributed by atoms with E-state index in [1.54, 1.807) is 6.92 Å². The Labute approximate surface area is 496 Å². The van der Waals surface area contributed by atoms with Crippen LogP contribution in [0.25, 0.3) is 0 Å². The molecule has 476 valence electrons. The Balaban J connectivity index is 4.19. The summed E-state index contributed by atoms with van der Waals surface area (Å²) in [6.45, 7) is 25.8. The highest BCUT2D eigenvalue weighted by molar-refractivity contribution is 5.99. The summed E-state index contributed by atoms with van der Waals surface area (Å²) < 4.78 is 0. The van der Waals surface area contributed by atoms with Crippen LogP contribution in [-0.2, 0) is 52.7 Å². The fraction of sp³-hybridized carbons (Fsp3) is 0.817. The zero-order valence-electron chi connectivity index (χ0n) is 54.3. The van der Waals surface area contributed by atoms with Gasteiger partial charge in [-0.25, -0.2) is 0 Å². The van der Waals surface area contributed by atoms with Gasteiger partial charge < -0.3 is 61.1 Å². The van der Waals surface area contributed by atoms with Crippen molar-refractivity contribution in [1.82, 2.24) is 56.0 Å². The Morgan fingerprint density at radius 1 is 0.349 bits per heavy atom. The van der Waals surface area contributed by atoms with Gasteiger partial charge in [-0.2, -0.15) is 0 Å². The first kappa shape index (κ1) is 75.1. The fourth-order valence-electron chi connectivity index (χ4n) is 10.3. The van der Waals surface area contributed by atoms with Crippen molar-refractivity contribution in [2.45, 2.75) is 241 Å². The molecular weight excluding hydrogens is 1070 g/mol. The van der Waals surface area contributed by atoms with Crippen molar-refractivity contribution in [2.75, 3.05) is 48.9 Å². The van der Waals surface area contributed by atoms with Crippen LogP contribution in [0.1, 0.15) is 174 Å². The van der Waals surface area contributed by atoms with Gasteiger partial charge in [-0.15, -0.1) is 0 Å². The molecule has 0 radical (unpaired) electrons.